The van der Waals surface area contributed by atoms with Crippen LogP contribution < -0.4 is 0 Å². The zero-order valence-electron chi connectivity index (χ0n) is 12.4. The number of imidazole rings is 1. The number of aromatic nitrogens is 4. The van der Waals surface area contributed by atoms with Crippen LogP contribution in [-0.4, -0.2) is 51.9 Å². The molecule has 3 rings (SSSR count). The molecule has 0 amide bonds. The lowest BCUT2D eigenvalue weighted by Gasteiger charge is -2.31. The van der Waals surface area contributed by atoms with Crippen LogP contribution in [0.2, 0.25) is 0 Å². The monoisotopic (exact) mass is 323 g/mol. The molecule has 3 heterocycles. The van der Waals surface area contributed by atoms with E-state index in [0.29, 0.717) is 18.8 Å². The Labute approximate surface area is 128 Å². The van der Waals surface area contributed by atoms with Gasteiger partial charge in [0.05, 0.1) is 30.5 Å². The summed E-state index contributed by atoms with van der Waals surface area (Å²) in [4.78, 5) is 12.4. The quantitative estimate of drug-likeness (QED) is 0.806. The molecule has 2 aromatic heterocycles. The van der Waals surface area contributed by atoms with E-state index in [-0.39, 0.29) is 11.6 Å². The van der Waals surface area contributed by atoms with E-state index < -0.39 is 16.1 Å². The van der Waals surface area contributed by atoms with Gasteiger partial charge < -0.3 is 9.30 Å². The fraction of sp³-hybridized carbons (Fsp3) is 0.462. The van der Waals surface area contributed by atoms with Crippen LogP contribution in [0.25, 0.3) is 0 Å². The molecule has 9 heteroatoms. The Morgan fingerprint density at radius 3 is 2.73 bits per heavy atom. The topological polar surface area (TPSA) is 90.2 Å². The van der Waals surface area contributed by atoms with E-state index in [1.54, 1.807) is 24.0 Å². The van der Waals surface area contributed by atoms with Crippen molar-refractivity contribution < 1.29 is 13.2 Å². The molecule has 0 bridgehead atoms. The molecule has 1 aliphatic rings. The Kier molecular flexibility index (Phi) is 3.94. The molecule has 118 valence electrons. The summed E-state index contributed by atoms with van der Waals surface area (Å²) in [5.41, 5.74) is 1.43. The first kappa shape index (κ1) is 15.1. The zero-order valence-corrected chi connectivity index (χ0v) is 13.2. The first-order valence-corrected chi connectivity index (χ1v) is 8.29. The molecule has 0 spiro atoms. The Morgan fingerprint density at radius 1 is 1.27 bits per heavy atom. The highest BCUT2D eigenvalue weighted by Crippen LogP contribution is 2.24. The van der Waals surface area contributed by atoms with E-state index in [4.69, 9.17) is 4.74 Å². The number of hydrogen-bond donors (Lipinski definition) is 0. The summed E-state index contributed by atoms with van der Waals surface area (Å²) in [5, 5.41) is 0.0469. The van der Waals surface area contributed by atoms with Gasteiger partial charge in [-0.2, -0.15) is 4.31 Å². The summed E-state index contributed by atoms with van der Waals surface area (Å²) in [6, 6.07) is 0. The van der Waals surface area contributed by atoms with Crippen LogP contribution in [0.1, 0.15) is 17.5 Å². The molecule has 0 N–H and O–H groups in total. The standard InChI is InChI=1S/C13H17N5O3S/c1-10-5-15-11(6-14-10)12-7-18(3-4-21-12)22(19,20)13-8-17(2)9-16-13/h5-6,8-9,12H,3-4,7H2,1-2H3/t12-/m1/s1. The minimum atomic E-state index is -3.62. The summed E-state index contributed by atoms with van der Waals surface area (Å²) < 4.78 is 33.8. The average Bonchev–Trinajstić information content (AvgIpc) is 2.95. The molecule has 2 aromatic rings. The SMILES string of the molecule is Cc1cnc([C@H]2CN(S(=O)(=O)c3cn(C)cn3)CCO2)cn1. The van der Waals surface area contributed by atoms with Crippen molar-refractivity contribution in [3.63, 3.8) is 0 Å². The second kappa shape index (κ2) is 5.75. The molecule has 0 saturated carbocycles. The maximum atomic E-state index is 12.6. The highest BCUT2D eigenvalue weighted by atomic mass is 32.2. The van der Waals surface area contributed by atoms with Crippen LogP contribution in [0.4, 0.5) is 0 Å². The fourth-order valence-electron chi connectivity index (χ4n) is 2.25. The third kappa shape index (κ3) is 2.87. The number of nitrogens with zero attached hydrogens (tertiary/aromatic N) is 5. The van der Waals surface area contributed by atoms with Crippen LogP contribution in [0.15, 0.2) is 29.9 Å². The Balaban J connectivity index is 1.82. The first-order valence-electron chi connectivity index (χ1n) is 6.85. The predicted molar refractivity (Wildman–Crippen MR) is 77.4 cm³/mol. The second-order valence-corrected chi connectivity index (χ2v) is 7.07. The van der Waals surface area contributed by atoms with Gasteiger partial charge in [-0.15, -0.1) is 0 Å². The molecule has 1 saturated heterocycles. The lowest BCUT2D eigenvalue weighted by Crippen LogP contribution is -2.42. The van der Waals surface area contributed by atoms with E-state index in [9.17, 15) is 8.42 Å². The maximum Gasteiger partial charge on any atom is 0.262 e. The Hall–Kier alpha value is -1.84. The number of morpholine rings is 1. The molecule has 22 heavy (non-hydrogen) atoms. The van der Waals surface area contributed by atoms with Crippen molar-refractivity contribution in [2.45, 2.75) is 18.1 Å². The second-order valence-electron chi connectivity index (χ2n) is 5.18. The summed E-state index contributed by atoms with van der Waals surface area (Å²) in [7, 11) is -1.88. The number of ether oxygens (including phenoxy) is 1. The van der Waals surface area contributed by atoms with Crippen LogP contribution in [0.5, 0.6) is 0 Å². The molecule has 0 radical (unpaired) electrons. The van der Waals surface area contributed by atoms with E-state index in [2.05, 4.69) is 15.0 Å². The van der Waals surface area contributed by atoms with Gasteiger partial charge in [0, 0.05) is 32.5 Å². The van der Waals surface area contributed by atoms with E-state index in [1.165, 1.54) is 16.8 Å². The third-order valence-corrected chi connectivity index (χ3v) is 5.20. The van der Waals surface area contributed by atoms with Crippen LogP contribution in [-0.2, 0) is 21.8 Å². The normalized spacial score (nSPS) is 20.2. The Morgan fingerprint density at radius 2 is 2.09 bits per heavy atom. The number of hydrogen-bond acceptors (Lipinski definition) is 6. The van der Waals surface area contributed by atoms with E-state index >= 15 is 0 Å². The van der Waals surface area contributed by atoms with Gasteiger partial charge >= 0.3 is 0 Å². The number of aryl methyl sites for hydroxylation is 2. The van der Waals surface area contributed by atoms with Crippen LogP contribution in [0, 0.1) is 6.92 Å². The van der Waals surface area contributed by atoms with E-state index in [1.807, 2.05) is 6.92 Å². The minimum Gasteiger partial charge on any atom is -0.369 e. The van der Waals surface area contributed by atoms with Crippen molar-refractivity contribution in [1.29, 1.82) is 0 Å². The highest BCUT2D eigenvalue weighted by molar-refractivity contribution is 7.89. The van der Waals surface area contributed by atoms with Crippen LogP contribution in [0.3, 0.4) is 0 Å². The van der Waals surface area contributed by atoms with Crippen molar-refractivity contribution in [3.8, 4) is 0 Å². The lowest BCUT2D eigenvalue weighted by molar-refractivity contribution is -0.00522. The predicted octanol–water partition coefficient (Wildman–Crippen LogP) is 0.281. The first-order chi connectivity index (χ1) is 10.5. The highest BCUT2D eigenvalue weighted by Gasteiger charge is 2.33. The average molecular weight is 323 g/mol. The molecule has 1 fully saturated rings. The van der Waals surface area contributed by atoms with Gasteiger partial charge in [0.1, 0.15) is 6.10 Å². The molecular weight excluding hydrogens is 306 g/mol. The molecule has 0 aromatic carbocycles. The molecular formula is C13H17N5O3S. The van der Waals surface area contributed by atoms with Gasteiger partial charge in [-0.1, -0.05) is 0 Å². The summed E-state index contributed by atoms with van der Waals surface area (Å²) >= 11 is 0. The molecule has 0 unspecified atom stereocenters. The molecule has 1 aliphatic heterocycles. The van der Waals surface area contributed by atoms with Gasteiger partial charge in [-0.25, -0.2) is 13.4 Å². The maximum absolute atomic E-state index is 12.6. The van der Waals surface area contributed by atoms with Gasteiger partial charge in [-0.05, 0) is 6.92 Å². The summed E-state index contributed by atoms with van der Waals surface area (Å²) in [6.45, 7) is 2.66. The van der Waals surface area contributed by atoms with Gasteiger partial charge in [0.25, 0.3) is 10.0 Å². The van der Waals surface area contributed by atoms with E-state index in [0.717, 1.165) is 5.69 Å². The number of rotatable bonds is 3. The van der Waals surface area contributed by atoms with Crippen molar-refractivity contribution in [3.05, 3.63) is 36.3 Å². The largest absolute Gasteiger partial charge is 0.369 e. The molecule has 8 nitrogen and oxygen atoms in total. The van der Waals surface area contributed by atoms with Crippen molar-refractivity contribution in [2.75, 3.05) is 19.7 Å². The fourth-order valence-corrected chi connectivity index (χ4v) is 3.64. The van der Waals surface area contributed by atoms with Crippen LogP contribution >= 0.6 is 0 Å². The van der Waals surface area contributed by atoms with Crippen molar-refractivity contribution >= 4 is 10.0 Å². The summed E-state index contributed by atoms with van der Waals surface area (Å²) in [6.07, 6.45) is 5.81. The molecule has 0 aliphatic carbocycles. The number of sulfonamides is 1. The zero-order chi connectivity index (χ0) is 15.7. The minimum absolute atomic E-state index is 0.0469. The Bertz CT molecular complexity index is 756. The van der Waals surface area contributed by atoms with Crippen molar-refractivity contribution in [2.24, 2.45) is 7.05 Å². The summed E-state index contributed by atoms with van der Waals surface area (Å²) in [5.74, 6) is 0. The lowest BCUT2D eigenvalue weighted by atomic mass is 10.2. The van der Waals surface area contributed by atoms with Gasteiger partial charge in [0.15, 0.2) is 5.03 Å². The molecule has 1 atom stereocenters. The van der Waals surface area contributed by atoms with Crippen molar-refractivity contribution in [1.82, 2.24) is 23.8 Å². The van der Waals surface area contributed by atoms with Gasteiger partial charge in [-0.3, -0.25) is 9.97 Å². The van der Waals surface area contributed by atoms with Gasteiger partial charge in [0.2, 0.25) is 0 Å². The smallest absolute Gasteiger partial charge is 0.262 e. The third-order valence-electron chi connectivity index (χ3n) is 3.45.